The van der Waals surface area contributed by atoms with Crippen molar-refractivity contribution in [3.05, 3.63) is 35.4 Å². The van der Waals surface area contributed by atoms with E-state index in [4.69, 9.17) is 5.73 Å². The maximum Gasteiger partial charge on any atom is 0.251 e. The summed E-state index contributed by atoms with van der Waals surface area (Å²) in [6, 6.07) is 6.74. The maximum absolute atomic E-state index is 11.9. The Hall–Kier alpha value is -1.05. The lowest BCUT2D eigenvalue weighted by molar-refractivity contribution is 0.153. The summed E-state index contributed by atoms with van der Waals surface area (Å²) in [5.74, 6) is -0.340. The van der Waals surface area contributed by atoms with Gasteiger partial charge in [-0.05, 0) is 11.1 Å². The van der Waals surface area contributed by atoms with Crippen LogP contribution < -0.4 is 10.5 Å². The molecule has 0 aliphatic rings. The van der Waals surface area contributed by atoms with Crippen LogP contribution in [0.4, 0.5) is 8.78 Å². The van der Waals surface area contributed by atoms with Crippen LogP contribution in [-0.2, 0) is 22.3 Å². The summed E-state index contributed by atoms with van der Waals surface area (Å²) in [6.45, 7) is -0.659. The van der Waals surface area contributed by atoms with E-state index in [1.54, 1.807) is 24.3 Å². The zero-order valence-electron chi connectivity index (χ0n) is 9.07. The lowest BCUT2D eigenvalue weighted by Crippen LogP contribution is -2.30. The quantitative estimate of drug-likeness (QED) is 0.799. The van der Waals surface area contributed by atoms with Gasteiger partial charge in [0.15, 0.2) is 0 Å². The largest absolute Gasteiger partial charge is 0.326 e. The topological polar surface area (TPSA) is 72.2 Å². The smallest absolute Gasteiger partial charge is 0.251 e. The minimum absolute atomic E-state index is 0.209. The van der Waals surface area contributed by atoms with Crippen LogP contribution in [0.25, 0.3) is 0 Å². The van der Waals surface area contributed by atoms with Gasteiger partial charge in [-0.1, -0.05) is 24.3 Å². The molecule has 0 saturated heterocycles. The molecule has 0 aliphatic carbocycles. The number of sulfonamides is 1. The van der Waals surface area contributed by atoms with Crippen molar-refractivity contribution in [2.75, 3.05) is 6.54 Å². The average Bonchev–Trinajstić information content (AvgIpc) is 2.27. The summed E-state index contributed by atoms with van der Waals surface area (Å²) >= 11 is 0. The first-order chi connectivity index (χ1) is 7.94. The molecule has 1 rings (SSSR count). The van der Waals surface area contributed by atoms with E-state index in [9.17, 15) is 17.2 Å². The highest BCUT2D eigenvalue weighted by atomic mass is 32.2. The number of alkyl halides is 2. The van der Waals surface area contributed by atoms with Crippen molar-refractivity contribution < 1.29 is 17.2 Å². The molecule has 7 heteroatoms. The zero-order valence-corrected chi connectivity index (χ0v) is 9.88. The molecule has 0 atom stereocenters. The fourth-order valence-corrected chi connectivity index (χ4v) is 2.52. The van der Waals surface area contributed by atoms with Crippen molar-refractivity contribution in [3.63, 3.8) is 0 Å². The Morgan fingerprint density at radius 1 is 1.24 bits per heavy atom. The van der Waals surface area contributed by atoms with Gasteiger partial charge >= 0.3 is 0 Å². The Bertz CT molecular complexity index is 463. The summed E-state index contributed by atoms with van der Waals surface area (Å²) in [5, 5.41) is 0. The third kappa shape index (κ3) is 4.76. The number of benzene rings is 1. The lowest BCUT2D eigenvalue weighted by Gasteiger charge is -2.09. The van der Waals surface area contributed by atoms with E-state index in [1.807, 2.05) is 4.72 Å². The highest BCUT2D eigenvalue weighted by Crippen LogP contribution is 2.11. The zero-order chi connectivity index (χ0) is 12.9. The first kappa shape index (κ1) is 14.0. The van der Waals surface area contributed by atoms with Gasteiger partial charge in [0.2, 0.25) is 10.0 Å². The summed E-state index contributed by atoms with van der Waals surface area (Å²) in [7, 11) is -3.75. The molecule has 96 valence electrons. The van der Waals surface area contributed by atoms with E-state index in [0.29, 0.717) is 11.1 Å². The molecule has 0 aromatic heterocycles. The van der Waals surface area contributed by atoms with Crippen molar-refractivity contribution in [1.82, 2.24) is 4.72 Å². The minimum Gasteiger partial charge on any atom is -0.326 e. The Morgan fingerprint density at radius 3 is 2.35 bits per heavy atom. The summed E-state index contributed by atoms with van der Waals surface area (Å²) in [5.41, 5.74) is 6.67. The van der Waals surface area contributed by atoms with Crippen LogP contribution in [-0.4, -0.2) is 21.4 Å². The molecule has 1 aromatic rings. The van der Waals surface area contributed by atoms with E-state index in [0.717, 1.165) is 0 Å². The Labute approximate surface area is 98.9 Å². The molecule has 0 saturated carbocycles. The van der Waals surface area contributed by atoms with Crippen LogP contribution in [0.3, 0.4) is 0 Å². The number of nitrogens with one attached hydrogen (secondary N) is 1. The first-order valence-corrected chi connectivity index (χ1v) is 6.62. The molecule has 3 N–H and O–H groups in total. The van der Waals surface area contributed by atoms with Crippen LogP contribution in [0.1, 0.15) is 11.1 Å². The number of rotatable bonds is 6. The van der Waals surface area contributed by atoms with Crippen molar-refractivity contribution in [2.24, 2.45) is 5.73 Å². The molecule has 0 heterocycles. The standard InChI is InChI=1S/C10H14F2N2O2S/c11-10(12)6-14-17(15,16)7-9-4-2-1-3-8(9)5-13/h1-4,10,14H,5-7,13H2. The predicted molar refractivity (Wildman–Crippen MR) is 61.0 cm³/mol. The van der Waals surface area contributed by atoms with Crippen LogP contribution >= 0.6 is 0 Å². The molecule has 0 aliphatic heterocycles. The monoisotopic (exact) mass is 264 g/mol. The van der Waals surface area contributed by atoms with Gasteiger partial charge in [0.1, 0.15) is 0 Å². The van der Waals surface area contributed by atoms with E-state index in [1.165, 1.54) is 0 Å². The minimum atomic E-state index is -3.75. The number of hydrogen-bond acceptors (Lipinski definition) is 3. The van der Waals surface area contributed by atoms with Gasteiger partial charge < -0.3 is 5.73 Å². The molecule has 0 unspecified atom stereocenters. The molecular formula is C10H14F2N2O2S. The third-order valence-corrected chi connectivity index (χ3v) is 3.44. The van der Waals surface area contributed by atoms with Gasteiger partial charge in [0.25, 0.3) is 6.43 Å². The van der Waals surface area contributed by atoms with Gasteiger partial charge in [-0.25, -0.2) is 21.9 Å². The average molecular weight is 264 g/mol. The molecule has 0 amide bonds. The number of nitrogens with two attached hydrogens (primary N) is 1. The highest BCUT2D eigenvalue weighted by Gasteiger charge is 2.15. The van der Waals surface area contributed by atoms with Gasteiger partial charge in [-0.15, -0.1) is 0 Å². The molecule has 0 radical (unpaired) electrons. The third-order valence-electron chi connectivity index (χ3n) is 2.14. The molecule has 17 heavy (non-hydrogen) atoms. The molecule has 0 spiro atoms. The maximum atomic E-state index is 11.9. The summed E-state index contributed by atoms with van der Waals surface area (Å²) < 4.78 is 48.6. The fourth-order valence-electron chi connectivity index (χ4n) is 1.34. The molecule has 0 fully saturated rings. The van der Waals surface area contributed by atoms with Gasteiger partial charge in [0.05, 0.1) is 12.3 Å². The Kier molecular flexibility index (Phi) is 4.98. The number of halogens is 2. The van der Waals surface area contributed by atoms with Crippen LogP contribution in [0, 0.1) is 0 Å². The van der Waals surface area contributed by atoms with Crippen LogP contribution in [0.5, 0.6) is 0 Å². The van der Waals surface area contributed by atoms with Crippen LogP contribution in [0.2, 0.25) is 0 Å². The molecular weight excluding hydrogens is 250 g/mol. The Morgan fingerprint density at radius 2 is 1.82 bits per heavy atom. The Balaban J connectivity index is 2.76. The van der Waals surface area contributed by atoms with Gasteiger partial charge in [-0.3, -0.25) is 0 Å². The predicted octanol–water partition coefficient (Wildman–Crippen LogP) is 0.830. The van der Waals surface area contributed by atoms with Gasteiger partial charge in [-0.2, -0.15) is 0 Å². The molecule has 1 aromatic carbocycles. The lowest BCUT2D eigenvalue weighted by atomic mass is 10.1. The first-order valence-electron chi connectivity index (χ1n) is 4.97. The summed E-state index contributed by atoms with van der Waals surface area (Å²) in [6.07, 6.45) is -2.70. The fraction of sp³-hybridized carbons (Fsp3) is 0.400. The van der Waals surface area contributed by atoms with Crippen LogP contribution in [0.15, 0.2) is 24.3 Å². The van der Waals surface area contributed by atoms with E-state index in [2.05, 4.69) is 0 Å². The van der Waals surface area contributed by atoms with Crippen molar-refractivity contribution >= 4 is 10.0 Å². The highest BCUT2D eigenvalue weighted by molar-refractivity contribution is 7.88. The van der Waals surface area contributed by atoms with Gasteiger partial charge in [0, 0.05) is 6.54 Å². The molecule has 4 nitrogen and oxygen atoms in total. The second-order valence-corrected chi connectivity index (χ2v) is 5.28. The second-order valence-electron chi connectivity index (χ2n) is 3.47. The SMILES string of the molecule is NCc1ccccc1CS(=O)(=O)NCC(F)F. The number of hydrogen-bond donors (Lipinski definition) is 2. The second kappa shape index (κ2) is 6.04. The van der Waals surface area contributed by atoms with Crippen molar-refractivity contribution in [1.29, 1.82) is 0 Å². The van der Waals surface area contributed by atoms with E-state index >= 15 is 0 Å². The normalized spacial score (nSPS) is 12.0. The van der Waals surface area contributed by atoms with Crippen molar-refractivity contribution in [3.8, 4) is 0 Å². The summed E-state index contributed by atoms with van der Waals surface area (Å²) in [4.78, 5) is 0. The molecule has 0 bridgehead atoms. The van der Waals surface area contributed by atoms with E-state index in [-0.39, 0.29) is 12.3 Å². The van der Waals surface area contributed by atoms with E-state index < -0.39 is 23.0 Å². The van der Waals surface area contributed by atoms with Crippen molar-refractivity contribution in [2.45, 2.75) is 18.7 Å².